The molecule has 0 aliphatic carbocycles. The number of ether oxygens (including phenoxy) is 1. The van der Waals surface area contributed by atoms with Crippen LogP contribution in [0.25, 0.3) is 17.0 Å². The maximum atomic E-state index is 14.6. The first kappa shape index (κ1) is 27.7. The Balaban J connectivity index is 1.44. The maximum Gasteiger partial charge on any atom is 0.159 e. The van der Waals surface area contributed by atoms with E-state index in [0.717, 1.165) is 37.1 Å². The largest absolute Gasteiger partial charge is 0.490 e. The molecule has 1 aliphatic heterocycles. The minimum absolute atomic E-state index is 0.249. The Morgan fingerprint density at radius 2 is 1.97 bits per heavy atom. The fourth-order valence-corrected chi connectivity index (χ4v) is 4.52. The molecule has 7 nitrogen and oxygen atoms in total. The Labute approximate surface area is 228 Å². The second-order valence-electron chi connectivity index (χ2n) is 9.80. The molecule has 0 saturated carbocycles. The molecule has 1 fully saturated rings. The third kappa shape index (κ3) is 7.82. The van der Waals surface area contributed by atoms with E-state index in [-0.39, 0.29) is 5.56 Å². The van der Waals surface area contributed by atoms with Gasteiger partial charge in [-0.1, -0.05) is 18.2 Å². The van der Waals surface area contributed by atoms with Gasteiger partial charge in [-0.25, -0.2) is 14.4 Å². The number of aromatic nitrogens is 2. The first-order chi connectivity index (χ1) is 18.9. The number of hydrogen-bond donors (Lipinski definition) is 0. The molecule has 1 aromatic heterocycles. The molecule has 3 aromatic rings. The van der Waals surface area contributed by atoms with Crippen molar-refractivity contribution in [3.05, 3.63) is 95.7 Å². The van der Waals surface area contributed by atoms with E-state index in [2.05, 4.69) is 21.9 Å². The quantitative estimate of drug-likeness (QED) is 0.207. The predicted molar refractivity (Wildman–Crippen MR) is 149 cm³/mol. The number of piperidine rings is 1. The normalized spacial score (nSPS) is 14.8. The van der Waals surface area contributed by atoms with E-state index in [9.17, 15) is 14.4 Å². The number of carbonyl (C=O) groups excluding carboxylic acids is 1. The topological polar surface area (TPSA) is 82.3 Å². The standard InChI is InChI=1S/C31H32FN5O2/c1-36-12-10-23(11-13-36)22-39-28-18-34-31(35-19-28)26-6-3-5-25(15-26)20-37(2)21-27(7-4-14-38)29-16-24(17-33)8-9-30(29)32/h3-9,14-16,18-19,21,23H,10-13,20,22H2,1-2H3/b7-4-,27-21+. The molecule has 0 bridgehead atoms. The molecule has 0 amide bonds. The summed E-state index contributed by atoms with van der Waals surface area (Å²) in [5.74, 6) is 1.36. The molecule has 0 N–H and O–H groups in total. The SMILES string of the molecule is CN(/C=C(\C=C/C=O)c1cc(C#N)ccc1F)Cc1cccc(-c2ncc(OCC3CCN(C)CC3)cn2)c1. The fraction of sp³-hybridized carbons (Fsp3) is 0.290. The second kappa shape index (κ2) is 13.4. The summed E-state index contributed by atoms with van der Waals surface area (Å²) in [5.41, 5.74) is 2.95. The summed E-state index contributed by atoms with van der Waals surface area (Å²) in [6.45, 7) is 3.41. The summed E-state index contributed by atoms with van der Waals surface area (Å²) in [5, 5.41) is 9.22. The van der Waals surface area contributed by atoms with E-state index in [4.69, 9.17) is 4.74 Å². The van der Waals surface area contributed by atoms with Crippen LogP contribution in [0, 0.1) is 23.1 Å². The van der Waals surface area contributed by atoms with Crippen molar-refractivity contribution in [2.45, 2.75) is 19.4 Å². The number of likely N-dealkylation sites (tertiary alicyclic amines) is 1. The molecule has 1 saturated heterocycles. The van der Waals surface area contributed by atoms with Crippen molar-refractivity contribution in [1.29, 1.82) is 5.26 Å². The number of carbonyl (C=O) groups is 1. The highest BCUT2D eigenvalue weighted by Crippen LogP contribution is 2.24. The van der Waals surface area contributed by atoms with Gasteiger partial charge in [0.15, 0.2) is 11.6 Å². The van der Waals surface area contributed by atoms with E-state index in [1.807, 2.05) is 42.3 Å². The minimum atomic E-state index is -0.470. The maximum absolute atomic E-state index is 14.6. The van der Waals surface area contributed by atoms with Gasteiger partial charge in [0.1, 0.15) is 12.1 Å². The summed E-state index contributed by atoms with van der Waals surface area (Å²) < 4.78 is 20.5. The molecule has 39 heavy (non-hydrogen) atoms. The Bertz CT molecular complexity index is 1370. The van der Waals surface area contributed by atoms with E-state index < -0.39 is 5.82 Å². The van der Waals surface area contributed by atoms with Gasteiger partial charge in [-0.3, -0.25) is 4.79 Å². The van der Waals surface area contributed by atoms with Gasteiger partial charge in [0, 0.05) is 36.5 Å². The number of aldehydes is 1. The average molecular weight is 526 g/mol. The third-order valence-corrected chi connectivity index (χ3v) is 6.69. The van der Waals surface area contributed by atoms with Gasteiger partial charge < -0.3 is 14.5 Å². The van der Waals surface area contributed by atoms with Crippen molar-refractivity contribution >= 4 is 11.9 Å². The van der Waals surface area contributed by atoms with Crippen LogP contribution in [0.1, 0.15) is 29.5 Å². The lowest BCUT2D eigenvalue weighted by Gasteiger charge is -2.28. The smallest absolute Gasteiger partial charge is 0.159 e. The van der Waals surface area contributed by atoms with E-state index in [1.54, 1.807) is 18.6 Å². The van der Waals surface area contributed by atoms with Crippen molar-refractivity contribution in [1.82, 2.24) is 19.8 Å². The Kier molecular flexibility index (Phi) is 9.54. The number of nitrogens with zero attached hydrogens (tertiary/aromatic N) is 5. The molecule has 1 aliphatic rings. The summed E-state index contributed by atoms with van der Waals surface area (Å²) in [6.07, 6.45) is 10.9. The van der Waals surface area contributed by atoms with Gasteiger partial charge in [-0.2, -0.15) is 5.26 Å². The van der Waals surface area contributed by atoms with Gasteiger partial charge >= 0.3 is 0 Å². The van der Waals surface area contributed by atoms with Crippen molar-refractivity contribution < 1.29 is 13.9 Å². The molecule has 4 rings (SSSR count). The van der Waals surface area contributed by atoms with Crippen molar-refractivity contribution in [3.8, 4) is 23.2 Å². The summed E-state index contributed by atoms with van der Waals surface area (Å²) in [4.78, 5) is 24.2. The summed E-state index contributed by atoms with van der Waals surface area (Å²) in [6, 6.07) is 14.1. The van der Waals surface area contributed by atoms with Crippen molar-refractivity contribution in [2.75, 3.05) is 33.8 Å². The highest BCUT2D eigenvalue weighted by atomic mass is 19.1. The van der Waals surface area contributed by atoms with Crippen LogP contribution in [-0.4, -0.2) is 59.8 Å². The van der Waals surface area contributed by atoms with Crippen LogP contribution < -0.4 is 4.74 Å². The van der Waals surface area contributed by atoms with Crippen LogP contribution in [0.2, 0.25) is 0 Å². The lowest BCUT2D eigenvalue weighted by Crippen LogP contribution is -2.32. The van der Waals surface area contributed by atoms with E-state index >= 15 is 0 Å². The molecule has 2 aromatic carbocycles. The van der Waals surface area contributed by atoms with Gasteiger partial charge in [-0.05, 0) is 80.9 Å². The number of allylic oxidation sites excluding steroid dienone is 3. The van der Waals surface area contributed by atoms with E-state index in [0.29, 0.717) is 48.1 Å². The van der Waals surface area contributed by atoms with E-state index in [1.165, 1.54) is 30.4 Å². The average Bonchev–Trinajstić information content (AvgIpc) is 2.96. The molecule has 0 radical (unpaired) electrons. The van der Waals surface area contributed by atoms with Crippen LogP contribution >= 0.6 is 0 Å². The zero-order valence-electron chi connectivity index (χ0n) is 22.3. The summed E-state index contributed by atoms with van der Waals surface area (Å²) in [7, 11) is 4.01. The number of rotatable bonds is 10. The molecule has 0 atom stereocenters. The van der Waals surface area contributed by atoms with Gasteiger partial charge in [0.25, 0.3) is 0 Å². The summed E-state index contributed by atoms with van der Waals surface area (Å²) >= 11 is 0. The molecule has 200 valence electrons. The zero-order valence-corrected chi connectivity index (χ0v) is 22.3. The second-order valence-corrected chi connectivity index (χ2v) is 9.80. The van der Waals surface area contributed by atoms with Crippen molar-refractivity contribution in [2.24, 2.45) is 5.92 Å². The van der Waals surface area contributed by atoms with Crippen LogP contribution in [0.3, 0.4) is 0 Å². The number of hydrogen-bond acceptors (Lipinski definition) is 7. The van der Waals surface area contributed by atoms with Crippen LogP contribution in [0.4, 0.5) is 4.39 Å². The van der Waals surface area contributed by atoms with Crippen LogP contribution in [-0.2, 0) is 11.3 Å². The molecule has 8 heteroatoms. The third-order valence-electron chi connectivity index (χ3n) is 6.69. The highest BCUT2D eigenvalue weighted by Gasteiger charge is 2.17. The van der Waals surface area contributed by atoms with Gasteiger partial charge in [-0.15, -0.1) is 0 Å². The van der Waals surface area contributed by atoms with Crippen LogP contribution in [0.5, 0.6) is 5.75 Å². The molecular formula is C31H32FN5O2. The van der Waals surface area contributed by atoms with Gasteiger partial charge in [0.2, 0.25) is 0 Å². The van der Waals surface area contributed by atoms with Gasteiger partial charge in [0.05, 0.1) is 30.6 Å². The molecule has 2 heterocycles. The minimum Gasteiger partial charge on any atom is -0.490 e. The number of nitriles is 1. The zero-order chi connectivity index (χ0) is 27.6. The lowest BCUT2D eigenvalue weighted by atomic mass is 9.98. The molecule has 0 spiro atoms. The number of halogens is 1. The Hall–Kier alpha value is -4.35. The Morgan fingerprint density at radius 1 is 1.21 bits per heavy atom. The fourth-order valence-electron chi connectivity index (χ4n) is 4.52. The first-order valence-corrected chi connectivity index (χ1v) is 12.9. The van der Waals surface area contributed by atoms with Crippen molar-refractivity contribution in [3.63, 3.8) is 0 Å². The Morgan fingerprint density at radius 3 is 2.69 bits per heavy atom. The highest BCUT2D eigenvalue weighted by molar-refractivity contribution is 5.79. The lowest BCUT2D eigenvalue weighted by molar-refractivity contribution is -0.104. The molecule has 0 unspecified atom stereocenters. The monoisotopic (exact) mass is 525 g/mol. The first-order valence-electron chi connectivity index (χ1n) is 12.9. The predicted octanol–water partition coefficient (Wildman–Crippen LogP) is 5.10. The van der Waals surface area contributed by atoms with Crippen LogP contribution in [0.15, 0.2) is 73.2 Å². The molecular weight excluding hydrogens is 493 g/mol. The number of benzene rings is 2.